The van der Waals surface area contributed by atoms with Crippen LogP contribution in [0, 0.1) is 0 Å². The average molecular weight is 563 g/mol. The first kappa shape index (κ1) is 35.6. The van der Waals surface area contributed by atoms with Crippen molar-refractivity contribution in [1.29, 1.82) is 0 Å². The highest BCUT2D eigenvalue weighted by molar-refractivity contribution is 5.58. The maximum atomic E-state index is 2.38. The SMILES string of the molecule is CCCCCCCCCCCCCC[N+](CCCCCCCCCCCCCC)(c1ccccc1)c1ccccc1. The molecule has 41 heavy (non-hydrogen) atoms. The van der Waals surface area contributed by atoms with Crippen LogP contribution in [0.25, 0.3) is 0 Å². The van der Waals surface area contributed by atoms with Crippen LogP contribution in [-0.4, -0.2) is 13.1 Å². The summed E-state index contributed by atoms with van der Waals surface area (Å²) in [6.45, 7) is 7.07. The van der Waals surface area contributed by atoms with Gasteiger partial charge in [0, 0.05) is 0 Å². The van der Waals surface area contributed by atoms with Crippen molar-refractivity contribution < 1.29 is 0 Å². The molecule has 0 aliphatic carbocycles. The minimum atomic E-state index is 1.02. The third kappa shape index (κ3) is 16.0. The monoisotopic (exact) mass is 563 g/mol. The van der Waals surface area contributed by atoms with E-state index in [4.69, 9.17) is 0 Å². The molecular weight excluding hydrogens is 494 g/mol. The Bertz CT molecular complexity index is 729. The first-order valence-corrected chi connectivity index (χ1v) is 18.3. The average Bonchev–Trinajstić information content (AvgIpc) is 3.02. The van der Waals surface area contributed by atoms with Gasteiger partial charge in [0.2, 0.25) is 0 Å². The van der Waals surface area contributed by atoms with Crippen molar-refractivity contribution in [3.8, 4) is 0 Å². The van der Waals surface area contributed by atoms with Crippen molar-refractivity contribution in [3.05, 3.63) is 60.7 Å². The molecule has 2 aromatic carbocycles. The molecule has 0 atom stereocenters. The number of hydrogen-bond acceptors (Lipinski definition) is 0. The zero-order chi connectivity index (χ0) is 29.1. The molecule has 0 aromatic heterocycles. The molecule has 0 radical (unpaired) electrons. The molecule has 232 valence electrons. The molecule has 0 heterocycles. The first-order chi connectivity index (χ1) is 20.3. The van der Waals surface area contributed by atoms with Crippen molar-refractivity contribution in [3.63, 3.8) is 0 Å². The molecule has 0 saturated carbocycles. The highest BCUT2D eigenvalue weighted by Gasteiger charge is 2.32. The highest BCUT2D eigenvalue weighted by Crippen LogP contribution is 2.36. The normalized spacial score (nSPS) is 11.8. The lowest BCUT2D eigenvalue weighted by atomic mass is 10.0. The van der Waals surface area contributed by atoms with Crippen molar-refractivity contribution in [2.45, 2.75) is 168 Å². The molecular formula is C40H68N+. The third-order valence-corrected chi connectivity index (χ3v) is 9.29. The molecule has 0 N–H and O–H groups in total. The molecule has 2 rings (SSSR count). The van der Waals surface area contributed by atoms with E-state index in [9.17, 15) is 0 Å². The predicted molar refractivity (Wildman–Crippen MR) is 186 cm³/mol. The van der Waals surface area contributed by atoms with E-state index in [2.05, 4.69) is 74.5 Å². The van der Waals surface area contributed by atoms with Crippen LogP contribution in [0.3, 0.4) is 0 Å². The Kier molecular flexibility index (Phi) is 21.7. The van der Waals surface area contributed by atoms with E-state index in [0.29, 0.717) is 0 Å². The van der Waals surface area contributed by atoms with E-state index in [1.165, 1.54) is 179 Å². The van der Waals surface area contributed by atoms with E-state index >= 15 is 0 Å². The standard InChI is InChI=1S/C40H68N/c1-3-5-7-9-11-13-15-17-19-21-23-31-37-41(39-33-27-25-28-34-39,40-35-29-26-30-36-40)38-32-24-22-20-18-16-14-12-10-8-6-4-2/h25-30,33-36H,3-24,31-32,37-38H2,1-2H3/q+1. The second kappa shape index (κ2) is 24.9. The molecule has 0 aliphatic rings. The molecule has 0 bridgehead atoms. The van der Waals surface area contributed by atoms with Gasteiger partial charge >= 0.3 is 0 Å². The lowest BCUT2D eigenvalue weighted by Gasteiger charge is -2.38. The van der Waals surface area contributed by atoms with Crippen LogP contribution in [0.5, 0.6) is 0 Å². The second-order valence-corrected chi connectivity index (χ2v) is 12.9. The van der Waals surface area contributed by atoms with Crippen molar-refractivity contribution in [1.82, 2.24) is 4.48 Å². The van der Waals surface area contributed by atoms with Crippen LogP contribution in [0.4, 0.5) is 11.4 Å². The lowest BCUT2D eigenvalue weighted by molar-refractivity contribution is 0.353. The van der Waals surface area contributed by atoms with Gasteiger partial charge in [-0.05, 0) is 49.9 Å². The van der Waals surface area contributed by atoms with Crippen LogP contribution in [-0.2, 0) is 0 Å². The summed E-state index contributed by atoms with van der Waals surface area (Å²) in [5, 5.41) is 0. The third-order valence-electron chi connectivity index (χ3n) is 9.29. The smallest absolute Gasteiger partial charge is 0.137 e. The number of unbranched alkanes of at least 4 members (excludes halogenated alkanes) is 22. The van der Waals surface area contributed by atoms with Gasteiger partial charge in [0.1, 0.15) is 11.4 Å². The minimum Gasteiger partial charge on any atom is -0.259 e. The van der Waals surface area contributed by atoms with E-state index in [0.717, 1.165) is 4.48 Å². The van der Waals surface area contributed by atoms with Gasteiger partial charge in [0.15, 0.2) is 0 Å². The van der Waals surface area contributed by atoms with Crippen LogP contribution < -0.4 is 4.48 Å². The van der Waals surface area contributed by atoms with Gasteiger partial charge < -0.3 is 0 Å². The summed E-state index contributed by atoms with van der Waals surface area (Å²) in [6.07, 6.45) is 33.9. The fourth-order valence-corrected chi connectivity index (χ4v) is 6.65. The maximum Gasteiger partial charge on any atom is 0.137 e. The Morgan fingerprint density at radius 3 is 0.829 bits per heavy atom. The summed E-state index contributed by atoms with van der Waals surface area (Å²) in [7, 11) is 0. The molecule has 0 spiro atoms. The second-order valence-electron chi connectivity index (χ2n) is 12.9. The molecule has 2 aromatic rings. The number of para-hydroxylation sites is 2. The quantitative estimate of drug-likeness (QED) is 0.0714. The summed E-state index contributed by atoms with van der Waals surface area (Å²) >= 11 is 0. The van der Waals surface area contributed by atoms with Crippen molar-refractivity contribution in [2.24, 2.45) is 0 Å². The number of rotatable bonds is 28. The van der Waals surface area contributed by atoms with Crippen LogP contribution in [0.2, 0.25) is 0 Å². The summed E-state index contributed by atoms with van der Waals surface area (Å²) < 4.78 is 1.02. The van der Waals surface area contributed by atoms with Gasteiger partial charge in [-0.2, -0.15) is 0 Å². The van der Waals surface area contributed by atoms with E-state index in [1.807, 2.05) is 0 Å². The van der Waals surface area contributed by atoms with Crippen LogP contribution in [0.1, 0.15) is 168 Å². The Morgan fingerprint density at radius 2 is 0.561 bits per heavy atom. The summed E-state index contributed by atoms with van der Waals surface area (Å²) in [5.74, 6) is 0. The minimum absolute atomic E-state index is 1.02. The largest absolute Gasteiger partial charge is 0.259 e. The summed E-state index contributed by atoms with van der Waals surface area (Å²) in [4.78, 5) is 0. The van der Waals surface area contributed by atoms with Crippen LogP contribution in [0.15, 0.2) is 60.7 Å². The molecule has 0 saturated heterocycles. The van der Waals surface area contributed by atoms with E-state index in [-0.39, 0.29) is 0 Å². The predicted octanol–water partition coefficient (Wildman–Crippen LogP) is 13.7. The zero-order valence-corrected chi connectivity index (χ0v) is 27.6. The molecule has 0 amide bonds. The number of hydrogen-bond donors (Lipinski definition) is 0. The molecule has 1 heteroatoms. The zero-order valence-electron chi connectivity index (χ0n) is 27.6. The summed E-state index contributed by atoms with van der Waals surface area (Å²) in [5.41, 5.74) is 2.95. The van der Waals surface area contributed by atoms with Gasteiger partial charge in [-0.15, -0.1) is 0 Å². The van der Waals surface area contributed by atoms with Crippen molar-refractivity contribution >= 4 is 11.4 Å². The van der Waals surface area contributed by atoms with Crippen LogP contribution >= 0.6 is 0 Å². The summed E-state index contributed by atoms with van der Waals surface area (Å²) in [6, 6.07) is 22.9. The van der Waals surface area contributed by atoms with Gasteiger partial charge in [-0.3, -0.25) is 4.48 Å². The fourth-order valence-electron chi connectivity index (χ4n) is 6.65. The van der Waals surface area contributed by atoms with Gasteiger partial charge in [-0.25, -0.2) is 0 Å². The molecule has 1 nitrogen and oxygen atoms in total. The number of quaternary nitrogens is 1. The lowest BCUT2D eigenvalue weighted by Crippen LogP contribution is -2.46. The van der Waals surface area contributed by atoms with E-state index < -0.39 is 0 Å². The van der Waals surface area contributed by atoms with Gasteiger partial charge in [-0.1, -0.05) is 179 Å². The topological polar surface area (TPSA) is 0 Å². The Morgan fingerprint density at radius 1 is 0.317 bits per heavy atom. The Labute approximate surface area is 257 Å². The fraction of sp³-hybridized carbons (Fsp3) is 0.700. The Hall–Kier alpha value is -1.60. The van der Waals surface area contributed by atoms with Gasteiger partial charge in [0.05, 0.1) is 13.1 Å². The molecule has 0 unspecified atom stereocenters. The molecule has 0 fully saturated rings. The van der Waals surface area contributed by atoms with Gasteiger partial charge in [0.25, 0.3) is 0 Å². The number of nitrogens with zero attached hydrogens (tertiary/aromatic N) is 1. The van der Waals surface area contributed by atoms with Crippen molar-refractivity contribution in [2.75, 3.05) is 13.1 Å². The molecule has 0 aliphatic heterocycles. The maximum absolute atomic E-state index is 2.38. The Balaban J connectivity index is 1.78. The number of benzene rings is 2. The highest BCUT2D eigenvalue weighted by atomic mass is 15.4. The van der Waals surface area contributed by atoms with E-state index in [1.54, 1.807) is 0 Å². The first-order valence-electron chi connectivity index (χ1n) is 18.3.